The number of nitrogens with zero attached hydrogens (tertiary/aromatic N) is 1. The summed E-state index contributed by atoms with van der Waals surface area (Å²) in [6, 6.07) is 0. The third-order valence-electron chi connectivity index (χ3n) is 3.02. The largest absolute Gasteiger partial charge is 0.379 e. The molecular weight excluding hydrogens is 204 g/mol. The highest BCUT2D eigenvalue weighted by atomic mass is 16.5. The molecule has 0 aliphatic heterocycles. The molecule has 1 aliphatic rings. The maximum absolute atomic E-state index is 11.8. The zero-order chi connectivity index (χ0) is 12.0. The third-order valence-corrected chi connectivity index (χ3v) is 3.02. The Bertz CT molecular complexity index is 217. The molecule has 1 rings (SSSR count). The van der Waals surface area contributed by atoms with E-state index in [1.165, 1.54) is 12.8 Å². The highest BCUT2D eigenvalue weighted by Crippen LogP contribution is 2.28. The SMILES string of the molecule is CC(CCN)C(=O)N(C)CCOCC1CC1. The van der Waals surface area contributed by atoms with E-state index in [1.807, 2.05) is 14.0 Å². The van der Waals surface area contributed by atoms with Gasteiger partial charge in [0, 0.05) is 26.1 Å². The van der Waals surface area contributed by atoms with E-state index in [0.717, 1.165) is 18.9 Å². The van der Waals surface area contributed by atoms with Crippen molar-refractivity contribution in [3.05, 3.63) is 0 Å². The van der Waals surface area contributed by atoms with E-state index in [1.54, 1.807) is 4.90 Å². The lowest BCUT2D eigenvalue weighted by Gasteiger charge is -2.21. The molecule has 0 aromatic rings. The van der Waals surface area contributed by atoms with Crippen molar-refractivity contribution in [2.75, 3.05) is 33.4 Å². The lowest BCUT2D eigenvalue weighted by molar-refractivity contribution is -0.134. The van der Waals surface area contributed by atoms with E-state index in [-0.39, 0.29) is 11.8 Å². The van der Waals surface area contributed by atoms with Crippen molar-refractivity contribution in [3.8, 4) is 0 Å². The molecule has 2 N–H and O–H groups in total. The van der Waals surface area contributed by atoms with Gasteiger partial charge in [-0.2, -0.15) is 0 Å². The van der Waals surface area contributed by atoms with Gasteiger partial charge >= 0.3 is 0 Å². The minimum absolute atomic E-state index is 0.0263. The molecule has 0 saturated heterocycles. The van der Waals surface area contributed by atoms with Gasteiger partial charge in [-0.15, -0.1) is 0 Å². The van der Waals surface area contributed by atoms with E-state index in [0.29, 0.717) is 19.7 Å². The molecule has 0 heterocycles. The first-order chi connectivity index (χ1) is 7.65. The summed E-state index contributed by atoms with van der Waals surface area (Å²) in [6.07, 6.45) is 3.37. The smallest absolute Gasteiger partial charge is 0.225 e. The molecule has 94 valence electrons. The minimum atomic E-state index is 0.0263. The number of nitrogens with two attached hydrogens (primary N) is 1. The van der Waals surface area contributed by atoms with E-state index in [9.17, 15) is 4.79 Å². The second-order valence-corrected chi connectivity index (χ2v) is 4.76. The Hall–Kier alpha value is -0.610. The molecule has 4 nitrogen and oxygen atoms in total. The highest BCUT2D eigenvalue weighted by Gasteiger charge is 2.21. The molecule has 1 saturated carbocycles. The standard InChI is InChI=1S/C12H24N2O2/c1-10(5-6-13)12(15)14(2)7-8-16-9-11-3-4-11/h10-11H,3-9,13H2,1-2H3. The zero-order valence-corrected chi connectivity index (χ0v) is 10.4. The van der Waals surface area contributed by atoms with Crippen LogP contribution in [-0.4, -0.2) is 44.2 Å². The fourth-order valence-electron chi connectivity index (χ4n) is 1.60. The van der Waals surface area contributed by atoms with Crippen molar-refractivity contribution in [1.29, 1.82) is 0 Å². The predicted molar refractivity (Wildman–Crippen MR) is 64.0 cm³/mol. The molecule has 0 bridgehead atoms. The van der Waals surface area contributed by atoms with Crippen LogP contribution < -0.4 is 5.73 Å². The fourth-order valence-corrected chi connectivity index (χ4v) is 1.60. The number of hydrogen-bond acceptors (Lipinski definition) is 3. The molecule has 0 radical (unpaired) electrons. The van der Waals surface area contributed by atoms with Gasteiger partial charge in [-0.3, -0.25) is 4.79 Å². The molecule has 0 aromatic carbocycles. The van der Waals surface area contributed by atoms with Crippen molar-refractivity contribution < 1.29 is 9.53 Å². The first-order valence-electron chi connectivity index (χ1n) is 6.18. The topological polar surface area (TPSA) is 55.6 Å². The summed E-state index contributed by atoms with van der Waals surface area (Å²) in [5, 5.41) is 0. The fraction of sp³-hybridized carbons (Fsp3) is 0.917. The quantitative estimate of drug-likeness (QED) is 0.627. The van der Waals surface area contributed by atoms with Crippen molar-refractivity contribution in [3.63, 3.8) is 0 Å². The van der Waals surface area contributed by atoms with Gasteiger partial charge in [0.15, 0.2) is 0 Å². The van der Waals surface area contributed by atoms with Gasteiger partial charge in [-0.05, 0) is 31.7 Å². The van der Waals surface area contributed by atoms with Crippen LogP contribution in [0.5, 0.6) is 0 Å². The molecule has 1 aliphatic carbocycles. The monoisotopic (exact) mass is 228 g/mol. The first kappa shape index (κ1) is 13.5. The summed E-state index contributed by atoms with van der Waals surface area (Å²) in [6.45, 7) is 4.69. The molecule has 4 heteroatoms. The number of carbonyl (C=O) groups is 1. The molecule has 0 spiro atoms. The maximum atomic E-state index is 11.8. The van der Waals surface area contributed by atoms with E-state index >= 15 is 0 Å². The number of carbonyl (C=O) groups excluding carboxylic acids is 1. The summed E-state index contributed by atoms with van der Waals surface area (Å²) >= 11 is 0. The van der Waals surface area contributed by atoms with Crippen molar-refractivity contribution >= 4 is 5.91 Å². The Morgan fingerprint density at radius 2 is 2.25 bits per heavy atom. The lowest BCUT2D eigenvalue weighted by Crippen LogP contribution is -2.35. The van der Waals surface area contributed by atoms with Crippen LogP contribution in [0.2, 0.25) is 0 Å². The molecular formula is C12H24N2O2. The summed E-state index contributed by atoms with van der Waals surface area (Å²) in [5.41, 5.74) is 5.43. The molecule has 0 aromatic heterocycles. The Morgan fingerprint density at radius 1 is 1.56 bits per heavy atom. The van der Waals surface area contributed by atoms with Crippen LogP contribution in [0, 0.1) is 11.8 Å². The summed E-state index contributed by atoms with van der Waals surface area (Å²) < 4.78 is 5.50. The van der Waals surface area contributed by atoms with Gasteiger partial charge in [0.1, 0.15) is 0 Å². The average Bonchev–Trinajstić information content (AvgIpc) is 3.07. The molecule has 1 fully saturated rings. The van der Waals surface area contributed by atoms with E-state index in [4.69, 9.17) is 10.5 Å². The summed E-state index contributed by atoms with van der Waals surface area (Å²) in [4.78, 5) is 13.5. The normalized spacial score (nSPS) is 17.2. The second kappa shape index (κ2) is 6.86. The van der Waals surface area contributed by atoms with Gasteiger partial charge in [0.25, 0.3) is 0 Å². The predicted octanol–water partition coefficient (Wildman–Crippen LogP) is 0.856. The Kier molecular flexibility index (Phi) is 5.77. The van der Waals surface area contributed by atoms with Crippen LogP contribution >= 0.6 is 0 Å². The van der Waals surface area contributed by atoms with E-state index in [2.05, 4.69) is 0 Å². The van der Waals surface area contributed by atoms with Crippen LogP contribution in [0.4, 0.5) is 0 Å². The molecule has 1 amide bonds. The summed E-state index contributed by atoms with van der Waals surface area (Å²) in [5.74, 6) is 0.982. The maximum Gasteiger partial charge on any atom is 0.225 e. The first-order valence-corrected chi connectivity index (χ1v) is 6.18. The molecule has 1 unspecified atom stereocenters. The average molecular weight is 228 g/mol. The van der Waals surface area contributed by atoms with E-state index < -0.39 is 0 Å². The van der Waals surface area contributed by atoms with Gasteiger partial charge in [0.2, 0.25) is 5.91 Å². The van der Waals surface area contributed by atoms with Crippen LogP contribution in [0.3, 0.4) is 0 Å². The van der Waals surface area contributed by atoms with Gasteiger partial charge in [0.05, 0.1) is 6.61 Å². The van der Waals surface area contributed by atoms with Gasteiger partial charge < -0.3 is 15.4 Å². The molecule has 1 atom stereocenters. The lowest BCUT2D eigenvalue weighted by atomic mass is 10.1. The highest BCUT2D eigenvalue weighted by molar-refractivity contribution is 5.78. The number of amides is 1. The van der Waals surface area contributed by atoms with Crippen LogP contribution in [0.1, 0.15) is 26.2 Å². The molecule has 16 heavy (non-hydrogen) atoms. The van der Waals surface area contributed by atoms with Crippen LogP contribution in [0.25, 0.3) is 0 Å². The van der Waals surface area contributed by atoms with Gasteiger partial charge in [-0.25, -0.2) is 0 Å². The number of likely N-dealkylation sites (N-methyl/N-ethyl adjacent to an activating group) is 1. The van der Waals surface area contributed by atoms with Crippen molar-refractivity contribution in [2.45, 2.75) is 26.2 Å². The minimum Gasteiger partial charge on any atom is -0.379 e. The van der Waals surface area contributed by atoms with Gasteiger partial charge in [-0.1, -0.05) is 6.92 Å². The second-order valence-electron chi connectivity index (χ2n) is 4.76. The Balaban J connectivity index is 2.06. The Labute approximate surface area is 98.1 Å². The number of rotatable bonds is 8. The summed E-state index contributed by atoms with van der Waals surface area (Å²) in [7, 11) is 1.83. The van der Waals surface area contributed by atoms with Crippen molar-refractivity contribution in [2.24, 2.45) is 17.6 Å². The van der Waals surface area contributed by atoms with Crippen LogP contribution in [-0.2, 0) is 9.53 Å². The van der Waals surface area contributed by atoms with Crippen molar-refractivity contribution in [1.82, 2.24) is 4.90 Å². The Morgan fingerprint density at radius 3 is 2.81 bits per heavy atom. The zero-order valence-electron chi connectivity index (χ0n) is 10.4. The number of ether oxygens (including phenoxy) is 1. The number of hydrogen-bond donors (Lipinski definition) is 1. The van der Waals surface area contributed by atoms with Crippen LogP contribution in [0.15, 0.2) is 0 Å². The third kappa shape index (κ3) is 4.94.